The Morgan fingerprint density at radius 2 is 2.21 bits per heavy atom. The highest BCUT2D eigenvalue weighted by Gasteiger charge is 2.25. The van der Waals surface area contributed by atoms with Gasteiger partial charge in [0.2, 0.25) is 5.91 Å². The molecule has 1 aromatic carbocycles. The Hall–Kier alpha value is -1.91. The molecule has 0 saturated carbocycles. The van der Waals surface area contributed by atoms with Crippen molar-refractivity contribution in [2.45, 2.75) is 25.8 Å². The summed E-state index contributed by atoms with van der Waals surface area (Å²) in [6.07, 6.45) is 1.01. The van der Waals surface area contributed by atoms with Gasteiger partial charge in [0.1, 0.15) is 5.82 Å². The van der Waals surface area contributed by atoms with Crippen LogP contribution in [0.15, 0.2) is 18.2 Å². The highest BCUT2D eigenvalue weighted by Crippen LogP contribution is 2.13. The van der Waals surface area contributed by atoms with E-state index in [0.717, 1.165) is 5.56 Å². The number of carbonyl (C=O) groups excluding carboxylic acids is 2. The van der Waals surface area contributed by atoms with Gasteiger partial charge in [-0.05, 0) is 31.0 Å². The van der Waals surface area contributed by atoms with Crippen LogP contribution in [-0.4, -0.2) is 36.3 Å². The van der Waals surface area contributed by atoms with Crippen LogP contribution in [0, 0.1) is 12.7 Å². The third-order valence-corrected chi connectivity index (χ3v) is 3.33. The lowest BCUT2D eigenvalue weighted by atomic mass is 10.0. The topological polar surface area (TPSA) is 49.4 Å². The highest BCUT2D eigenvalue weighted by atomic mass is 19.1. The maximum Gasteiger partial charge on any atom is 0.254 e. The molecule has 1 heterocycles. The van der Waals surface area contributed by atoms with Crippen LogP contribution in [0.25, 0.3) is 0 Å². The van der Waals surface area contributed by atoms with Gasteiger partial charge in [0.05, 0.1) is 5.56 Å². The van der Waals surface area contributed by atoms with Crippen molar-refractivity contribution in [3.05, 3.63) is 35.1 Å². The number of nitrogens with zero attached hydrogens (tertiary/aromatic N) is 1. The van der Waals surface area contributed by atoms with E-state index in [2.05, 4.69) is 5.32 Å². The van der Waals surface area contributed by atoms with Crippen LogP contribution >= 0.6 is 0 Å². The van der Waals surface area contributed by atoms with Crippen molar-refractivity contribution < 1.29 is 14.0 Å². The minimum atomic E-state index is -0.516. The fourth-order valence-corrected chi connectivity index (χ4v) is 2.20. The van der Waals surface area contributed by atoms with Crippen molar-refractivity contribution in [1.82, 2.24) is 10.2 Å². The van der Waals surface area contributed by atoms with Gasteiger partial charge in [-0.3, -0.25) is 9.59 Å². The van der Waals surface area contributed by atoms with E-state index in [1.165, 1.54) is 12.1 Å². The monoisotopic (exact) mass is 264 g/mol. The lowest BCUT2D eigenvalue weighted by Crippen LogP contribution is -2.48. The second-order valence-corrected chi connectivity index (χ2v) is 4.97. The van der Waals surface area contributed by atoms with Gasteiger partial charge < -0.3 is 10.2 Å². The van der Waals surface area contributed by atoms with Gasteiger partial charge in [-0.25, -0.2) is 4.39 Å². The quantitative estimate of drug-likeness (QED) is 0.879. The highest BCUT2D eigenvalue weighted by molar-refractivity contribution is 5.94. The smallest absolute Gasteiger partial charge is 0.254 e. The molecule has 1 atom stereocenters. The number of piperidine rings is 1. The van der Waals surface area contributed by atoms with Crippen molar-refractivity contribution in [3.63, 3.8) is 0 Å². The van der Waals surface area contributed by atoms with E-state index >= 15 is 0 Å². The van der Waals surface area contributed by atoms with E-state index in [-0.39, 0.29) is 17.5 Å². The largest absolute Gasteiger partial charge is 0.347 e. The number of halogens is 1. The SMILES string of the molecule is Cc1ccc(C(=O)NC2CCC(=O)N(C)C2)c(F)c1. The predicted molar refractivity (Wildman–Crippen MR) is 69.3 cm³/mol. The number of rotatable bonds is 2. The van der Waals surface area contributed by atoms with Crippen molar-refractivity contribution >= 4 is 11.8 Å². The third kappa shape index (κ3) is 3.10. The first-order valence-corrected chi connectivity index (χ1v) is 6.28. The molecule has 1 unspecified atom stereocenters. The summed E-state index contributed by atoms with van der Waals surface area (Å²) in [6.45, 7) is 2.24. The van der Waals surface area contributed by atoms with Crippen molar-refractivity contribution in [1.29, 1.82) is 0 Å². The van der Waals surface area contributed by atoms with E-state index in [0.29, 0.717) is 19.4 Å². The fourth-order valence-electron chi connectivity index (χ4n) is 2.20. The first-order valence-electron chi connectivity index (χ1n) is 6.28. The Kier molecular flexibility index (Phi) is 3.83. The molecule has 0 spiro atoms. The molecule has 0 radical (unpaired) electrons. The molecule has 19 heavy (non-hydrogen) atoms. The van der Waals surface area contributed by atoms with E-state index < -0.39 is 11.7 Å². The van der Waals surface area contributed by atoms with E-state index in [9.17, 15) is 14.0 Å². The van der Waals surface area contributed by atoms with Crippen molar-refractivity contribution in [2.24, 2.45) is 0 Å². The molecule has 1 fully saturated rings. The molecule has 1 aliphatic heterocycles. The molecule has 4 nitrogen and oxygen atoms in total. The lowest BCUT2D eigenvalue weighted by molar-refractivity contribution is -0.132. The molecule has 2 rings (SSSR count). The molecule has 1 aromatic rings. The number of hydrogen-bond donors (Lipinski definition) is 1. The fraction of sp³-hybridized carbons (Fsp3) is 0.429. The molecule has 5 heteroatoms. The number of likely N-dealkylation sites (N-methyl/N-ethyl adjacent to an activating group) is 1. The molecule has 1 aliphatic rings. The Balaban J connectivity index is 2.03. The van der Waals surface area contributed by atoms with Gasteiger partial charge in [-0.2, -0.15) is 0 Å². The molecular weight excluding hydrogens is 247 g/mol. The number of amides is 2. The number of aryl methyl sites for hydroxylation is 1. The summed E-state index contributed by atoms with van der Waals surface area (Å²) in [5, 5.41) is 2.77. The summed E-state index contributed by atoms with van der Waals surface area (Å²) in [7, 11) is 1.70. The van der Waals surface area contributed by atoms with Crippen molar-refractivity contribution in [3.8, 4) is 0 Å². The normalized spacial score (nSPS) is 19.4. The van der Waals surface area contributed by atoms with E-state index in [1.807, 2.05) is 0 Å². The van der Waals surface area contributed by atoms with Crippen LogP contribution in [-0.2, 0) is 4.79 Å². The second-order valence-electron chi connectivity index (χ2n) is 4.97. The zero-order valence-electron chi connectivity index (χ0n) is 11.1. The zero-order valence-corrected chi connectivity index (χ0v) is 11.1. The average molecular weight is 264 g/mol. The number of benzene rings is 1. The zero-order chi connectivity index (χ0) is 14.0. The van der Waals surface area contributed by atoms with Gasteiger partial charge >= 0.3 is 0 Å². The maximum atomic E-state index is 13.7. The third-order valence-electron chi connectivity index (χ3n) is 3.33. The minimum absolute atomic E-state index is 0.0464. The first kappa shape index (κ1) is 13.5. The van der Waals surface area contributed by atoms with Gasteiger partial charge in [0, 0.05) is 26.1 Å². The summed E-state index contributed by atoms with van der Waals surface area (Å²) in [4.78, 5) is 24.9. The van der Waals surface area contributed by atoms with Crippen molar-refractivity contribution in [2.75, 3.05) is 13.6 Å². The van der Waals surface area contributed by atoms with E-state index in [4.69, 9.17) is 0 Å². The molecule has 0 bridgehead atoms. The van der Waals surface area contributed by atoms with Crippen LogP contribution in [0.4, 0.5) is 4.39 Å². The predicted octanol–water partition coefficient (Wildman–Crippen LogP) is 1.48. The summed E-state index contributed by atoms with van der Waals surface area (Å²) in [5.41, 5.74) is 0.821. The Bertz CT molecular complexity index is 516. The van der Waals surface area contributed by atoms with Crippen LogP contribution in [0.3, 0.4) is 0 Å². The molecule has 102 valence electrons. The summed E-state index contributed by atoms with van der Waals surface area (Å²) in [6, 6.07) is 4.41. The number of hydrogen-bond acceptors (Lipinski definition) is 2. The number of carbonyl (C=O) groups is 2. The molecule has 0 aliphatic carbocycles. The minimum Gasteiger partial charge on any atom is -0.347 e. The standard InChI is InChI=1S/C14H17FN2O2/c1-9-3-5-11(12(15)7-9)14(19)16-10-4-6-13(18)17(2)8-10/h3,5,7,10H,4,6,8H2,1-2H3,(H,16,19). The molecule has 2 amide bonds. The Morgan fingerprint density at radius 1 is 1.47 bits per heavy atom. The first-order chi connectivity index (χ1) is 8.97. The number of nitrogens with one attached hydrogen (secondary N) is 1. The van der Waals surface area contributed by atoms with Gasteiger partial charge in [-0.1, -0.05) is 6.07 Å². The number of likely N-dealkylation sites (tertiary alicyclic amines) is 1. The van der Waals surface area contributed by atoms with E-state index in [1.54, 1.807) is 24.9 Å². The van der Waals surface area contributed by atoms with Gasteiger partial charge in [0.15, 0.2) is 0 Å². The average Bonchev–Trinajstić information content (AvgIpc) is 2.33. The molecular formula is C14H17FN2O2. The van der Waals surface area contributed by atoms with Gasteiger partial charge in [-0.15, -0.1) is 0 Å². The van der Waals surface area contributed by atoms with Crippen LogP contribution < -0.4 is 5.32 Å². The molecule has 1 N–H and O–H groups in total. The Labute approximate surface area is 111 Å². The summed E-state index contributed by atoms with van der Waals surface area (Å²) < 4.78 is 13.7. The second kappa shape index (κ2) is 5.38. The lowest BCUT2D eigenvalue weighted by Gasteiger charge is -2.30. The Morgan fingerprint density at radius 3 is 2.84 bits per heavy atom. The van der Waals surface area contributed by atoms with Crippen LogP contribution in [0.5, 0.6) is 0 Å². The summed E-state index contributed by atoms with van der Waals surface area (Å²) in [5.74, 6) is -0.866. The van der Waals surface area contributed by atoms with Crippen LogP contribution in [0.2, 0.25) is 0 Å². The maximum absolute atomic E-state index is 13.7. The summed E-state index contributed by atoms with van der Waals surface area (Å²) >= 11 is 0. The van der Waals surface area contributed by atoms with Crippen LogP contribution in [0.1, 0.15) is 28.8 Å². The van der Waals surface area contributed by atoms with Gasteiger partial charge in [0.25, 0.3) is 5.91 Å². The molecule has 1 saturated heterocycles. The molecule has 0 aromatic heterocycles.